The van der Waals surface area contributed by atoms with Gasteiger partial charge in [-0.05, 0) is 19.4 Å². The van der Waals surface area contributed by atoms with Crippen LogP contribution in [0.2, 0.25) is 0 Å². The average Bonchev–Trinajstić information content (AvgIpc) is 2.37. The first-order chi connectivity index (χ1) is 4.34. The number of aliphatic hydroxyl groups excluding tert-OH is 1. The lowest BCUT2D eigenvalue weighted by Crippen LogP contribution is -2.32. The van der Waals surface area contributed by atoms with Crippen LogP contribution in [0.15, 0.2) is 12.7 Å². The normalized spacial score (nSPS) is 30.1. The van der Waals surface area contributed by atoms with Gasteiger partial charge >= 0.3 is 0 Å². The summed E-state index contributed by atoms with van der Waals surface area (Å²) >= 11 is 0. The molecule has 9 heavy (non-hydrogen) atoms. The Labute approximate surface area is 55.6 Å². The van der Waals surface area contributed by atoms with E-state index in [1.807, 2.05) is 0 Å². The van der Waals surface area contributed by atoms with Crippen molar-refractivity contribution in [3.8, 4) is 0 Å². The Hall–Kier alpha value is -0.340. The van der Waals surface area contributed by atoms with Crippen molar-refractivity contribution in [3.05, 3.63) is 12.7 Å². The third kappa shape index (κ3) is 1.53. The molecule has 0 unspecified atom stereocenters. The Morgan fingerprint density at radius 1 is 1.78 bits per heavy atom. The van der Waals surface area contributed by atoms with Crippen molar-refractivity contribution in [2.24, 2.45) is 0 Å². The number of hydrogen-bond donors (Lipinski definition) is 2. The highest BCUT2D eigenvalue weighted by atomic mass is 16.3. The summed E-state index contributed by atoms with van der Waals surface area (Å²) in [5.41, 5.74) is 0. The standard InChI is InChI=1S/C7H13NO/c1-2-7(9)6-4-3-5-8-6/h2,6-9H,1,3-5H2/t6-,7-/m1/s1. The van der Waals surface area contributed by atoms with Crippen molar-refractivity contribution >= 4 is 0 Å². The first-order valence-electron chi connectivity index (χ1n) is 3.38. The predicted octanol–water partition coefficient (Wildman–Crippen LogP) is 0.285. The van der Waals surface area contributed by atoms with Crippen LogP contribution in [0.25, 0.3) is 0 Å². The summed E-state index contributed by atoms with van der Waals surface area (Å²) in [7, 11) is 0. The zero-order chi connectivity index (χ0) is 6.69. The fourth-order valence-corrected chi connectivity index (χ4v) is 1.17. The van der Waals surface area contributed by atoms with Gasteiger partial charge < -0.3 is 10.4 Å². The van der Waals surface area contributed by atoms with E-state index in [4.69, 9.17) is 0 Å². The van der Waals surface area contributed by atoms with E-state index in [2.05, 4.69) is 11.9 Å². The van der Waals surface area contributed by atoms with Crippen LogP contribution in [0.4, 0.5) is 0 Å². The van der Waals surface area contributed by atoms with Crippen LogP contribution in [-0.4, -0.2) is 23.8 Å². The van der Waals surface area contributed by atoms with Crippen LogP contribution < -0.4 is 5.32 Å². The molecule has 0 spiro atoms. The molecule has 2 heteroatoms. The molecule has 0 saturated carbocycles. The highest BCUT2D eigenvalue weighted by molar-refractivity contribution is 4.91. The maximum absolute atomic E-state index is 9.18. The predicted molar refractivity (Wildman–Crippen MR) is 37.2 cm³/mol. The van der Waals surface area contributed by atoms with E-state index in [9.17, 15) is 5.11 Å². The monoisotopic (exact) mass is 127 g/mol. The van der Waals surface area contributed by atoms with Gasteiger partial charge in [-0.15, -0.1) is 6.58 Å². The van der Waals surface area contributed by atoms with Crippen molar-refractivity contribution in [3.63, 3.8) is 0 Å². The molecule has 52 valence electrons. The lowest BCUT2D eigenvalue weighted by Gasteiger charge is -2.12. The minimum Gasteiger partial charge on any atom is -0.387 e. The van der Waals surface area contributed by atoms with E-state index in [1.54, 1.807) is 6.08 Å². The molecule has 0 radical (unpaired) electrons. The van der Waals surface area contributed by atoms with Gasteiger partial charge in [0.25, 0.3) is 0 Å². The number of hydrogen-bond acceptors (Lipinski definition) is 2. The van der Waals surface area contributed by atoms with Gasteiger partial charge in [0.1, 0.15) is 0 Å². The van der Waals surface area contributed by atoms with Crippen LogP contribution in [-0.2, 0) is 0 Å². The molecule has 1 rings (SSSR count). The number of nitrogens with one attached hydrogen (secondary N) is 1. The average molecular weight is 127 g/mol. The lowest BCUT2D eigenvalue weighted by atomic mass is 10.1. The molecule has 1 saturated heterocycles. The fraction of sp³-hybridized carbons (Fsp3) is 0.714. The van der Waals surface area contributed by atoms with E-state index in [0.29, 0.717) is 0 Å². The van der Waals surface area contributed by atoms with Gasteiger partial charge in [-0.2, -0.15) is 0 Å². The Bertz CT molecular complexity index is 97.1. The highest BCUT2D eigenvalue weighted by Gasteiger charge is 2.19. The maximum Gasteiger partial charge on any atom is 0.0871 e. The lowest BCUT2D eigenvalue weighted by molar-refractivity contribution is 0.182. The van der Waals surface area contributed by atoms with E-state index < -0.39 is 0 Å². The number of rotatable bonds is 2. The summed E-state index contributed by atoms with van der Waals surface area (Å²) in [6, 6.07) is 0.266. The van der Waals surface area contributed by atoms with Gasteiger partial charge in [0.2, 0.25) is 0 Å². The maximum atomic E-state index is 9.18. The second-order valence-corrected chi connectivity index (χ2v) is 2.43. The molecule has 1 aliphatic rings. The zero-order valence-electron chi connectivity index (χ0n) is 5.51. The summed E-state index contributed by atoms with van der Waals surface area (Å²) in [5, 5.41) is 12.4. The molecule has 2 atom stereocenters. The third-order valence-electron chi connectivity index (χ3n) is 1.75. The van der Waals surface area contributed by atoms with Crippen molar-refractivity contribution < 1.29 is 5.11 Å². The summed E-state index contributed by atoms with van der Waals surface area (Å²) in [4.78, 5) is 0. The van der Waals surface area contributed by atoms with Crippen molar-refractivity contribution in [2.75, 3.05) is 6.54 Å². The second kappa shape index (κ2) is 2.99. The van der Waals surface area contributed by atoms with Crippen LogP contribution in [0.1, 0.15) is 12.8 Å². The van der Waals surface area contributed by atoms with Crippen molar-refractivity contribution in [1.82, 2.24) is 5.32 Å². The third-order valence-corrected chi connectivity index (χ3v) is 1.75. The first kappa shape index (κ1) is 6.78. The first-order valence-corrected chi connectivity index (χ1v) is 3.38. The zero-order valence-corrected chi connectivity index (χ0v) is 5.51. The molecule has 0 bridgehead atoms. The van der Waals surface area contributed by atoms with Crippen LogP contribution in [0.3, 0.4) is 0 Å². The Kier molecular flexibility index (Phi) is 2.25. The van der Waals surface area contributed by atoms with E-state index >= 15 is 0 Å². The van der Waals surface area contributed by atoms with Crippen LogP contribution in [0, 0.1) is 0 Å². The molecule has 0 aromatic rings. The largest absolute Gasteiger partial charge is 0.387 e. The smallest absolute Gasteiger partial charge is 0.0871 e. The Morgan fingerprint density at radius 2 is 2.56 bits per heavy atom. The molecular formula is C7H13NO. The van der Waals surface area contributed by atoms with Crippen LogP contribution in [0.5, 0.6) is 0 Å². The summed E-state index contributed by atoms with van der Waals surface area (Å²) in [6.07, 6.45) is 3.48. The quantitative estimate of drug-likeness (QED) is 0.522. The summed E-state index contributed by atoms with van der Waals surface area (Å²) < 4.78 is 0. The van der Waals surface area contributed by atoms with E-state index in [1.165, 1.54) is 6.42 Å². The molecule has 0 aromatic carbocycles. The topological polar surface area (TPSA) is 32.3 Å². The van der Waals surface area contributed by atoms with Crippen molar-refractivity contribution in [1.29, 1.82) is 0 Å². The highest BCUT2D eigenvalue weighted by Crippen LogP contribution is 2.08. The number of aliphatic hydroxyl groups is 1. The van der Waals surface area contributed by atoms with Gasteiger partial charge in [0.05, 0.1) is 6.10 Å². The molecular weight excluding hydrogens is 114 g/mol. The molecule has 2 nitrogen and oxygen atoms in total. The van der Waals surface area contributed by atoms with E-state index in [0.717, 1.165) is 13.0 Å². The molecule has 1 aliphatic heterocycles. The van der Waals surface area contributed by atoms with Gasteiger partial charge in [0, 0.05) is 6.04 Å². The van der Waals surface area contributed by atoms with E-state index in [-0.39, 0.29) is 12.1 Å². The minimum atomic E-state index is -0.354. The summed E-state index contributed by atoms with van der Waals surface area (Å²) in [6.45, 7) is 4.55. The fourth-order valence-electron chi connectivity index (χ4n) is 1.17. The Morgan fingerprint density at radius 3 is 3.00 bits per heavy atom. The van der Waals surface area contributed by atoms with Gasteiger partial charge in [0.15, 0.2) is 0 Å². The molecule has 1 heterocycles. The van der Waals surface area contributed by atoms with Crippen molar-refractivity contribution in [2.45, 2.75) is 25.0 Å². The molecule has 0 aliphatic carbocycles. The minimum absolute atomic E-state index is 0.266. The second-order valence-electron chi connectivity index (χ2n) is 2.43. The molecule has 0 amide bonds. The molecule has 2 N–H and O–H groups in total. The van der Waals surface area contributed by atoms with Gasteiger partial charge in [-0.3, -0.25) is 0 Å². The van der Waals surface area contributed by atoms with Gasteiger partial charge in [-0.1, -0.05) is 6.08 Å². The summed E-state index contributed by atoms with van der Waals surface area (Å²) in [5.74, 6) is 0. The Balaban J connectivity index is 2.32. The molecule has 1 fully saturated rings. The van der Waals surface area contributed by atoms with Crippen LogP contribution >= 0.6 is 0 Å². The molecule has 0 aromatic heterocycles. The SMILES string of the molecule is C=C[C@@H](O)[C@H]1CCCN1. The van der Waals surface area contributed by atoms with Gasteiger partial charge in [-0.25, -0.2) is 0 Å².